The van der Waals surface area contributed by atoms with Gasteiger partial charge in [0, 0.05) is 86.7 Å². The molecule has 2 aliphatic rings. The van der Waals surface area contributed by atoms with Gasteiger partial charge >= 0.3 is 6.16 Å². The fourth-order valence-electron chi connectivity index (χ4n) is 5.64. The van der Waals surface area contributed by atoms with Gasteiger partial charge in [0.05, 0.1) is 19.3 Å². The van der Waals surface area contributed by atoms with Crippen LogP contribution in [-0.4, -0.2) is 84.1 Å². The Kier molecular flexibility index (Phi) is 8.61. The number of amides is 1. The van der Waals surface area contributed by atoms with E-state index in [4.69, 9.17) is 26.2 Å². The zero-order chi connectivity index (χ0) is 28.2. The number of hydrogen-bond donors (Lipinski definition) is 0. The maximum Gasteiger partial charge on any atom is 0.508 e. The van der Waals surface area contributed by atoms with E-state index in [2.05, 4.69) is 41.0 Å². The summed E-state index contributed by atoms with van der Waals surface area (Å²) in [6.07, 6.45) is -0.481. The summed E-state index contributed by atoms with van der Waals surface area (Å²) in [5.41, 5.74) is 6.37. The number of hydrogen-bond acceptors (Lipinski definition) is 7. The molecule has 3 heterocycles. The van der Waals surface area contributed by atoms with Gasteiger partial charge in [0.2, 0.25) is 5.91 Å². The van der Waals surface area contributed by atoms with Crippen LogP contribution in [0.25, 0.3) is 11.3 Å². The molecule has 0 saturated carbocycles. The van der Waals surface area contributed by atoms with Gasteiger partial charge in [-0.1, -0.05) is 41.9 Å². The molecular weight excluding hydrogens is 530 g/mol. The SMILES string of the molecule is COC(=O)OC(CN1CCN(c2ccccc2C)CC1)Cn1nc(-c2ccc(Cl)cc2)c2c1CCN(C(C)=O)C2. The van der Waals surface area contributed by atoms with Crippen LogP contribution in [0.15, 0.2) is 48.5 Å². The summed E-state index contributed by atoms with van der Waals surface area (Å²) < 4.78 is 12.6. The number of carbonyl (C=O) groups excluding carboxylic acids is 2. The van der Waals surface area contributed by atoms with E-state index in [1.54, 1.807) is 6.92 Å². The van der Waals surface area contributed by atoms with Crippen LogP contribution in [0.3, 0.4) is 0 Å². The molecule has 0 aliphatic carbocycles. The molecule has 1 fully saturated rings. The van der Waals surface area contributed by atoms with Crippen LogP contribution in [0.4, 0.5) is 10.5 Å². The summed E-state index contributed by atoms with van der Waals surface area (Å²) in [5, 5.41) is 5.64. The lowest BCUT2D eigenvalue weighted by Crippen LogP contribution is -2.50. The number of halogens is 1. The van der Waals surface area contributed by atoms with E-state index in [9.17, 15) is 9.59 Å². The zero-order valence-electron chi connectivity index (χ0n) is 23.3. The zero-order valence-corrected chi connectivity index (χ0v) is 24.1. The van der Waals surface area contributed by atoms with E-state index >= 15 is 0 Å². The third-order valence-corrected chi connectivity index (χ3v) is 8.05. The summed E-state index contributed by atoms with van der Waals surface area (Å²) >= 11 is 6.14. The number of carbonyl (C=O) groups is 2. The van der Waals surface area contributed by atoms with Gasteiger partial charge in [0.15, 0.2) is 0 Å². The van der Waals surface area contributed by atoms with Crippen molar-refractivity contribution in [3.05, 3.63) is 70.4 Å². The molecule has 0 spiro atoms. The Bertz CT molecular complexity index is 1350. The molecule has 40 heavy (non-hydrogen) atoms. The van der Waals surface area contributed by atoms with Gasteiger partial charge in [-0.25, -0.2) is 4.79 Å². The minimum absolute atomic E-state index is 0.0391. The van der Waals surface area contributed by atoms with Gasteiger partial charge in [0.25, 0.3) is 0 Å². The number of anilines is 1. The third kappa shape index (κ3) is 6.26. The van der Waals surface area contributed by atoms with Crippen LogP contribution >= 0.6 is 11.6 Å². The van der Waals surface area contributed by atoms with Gasteiger partial charge in [-0.3, -0.25) is 14.4 Å². The van der Waals surface area contributed by atoms with Crippen molar-refractivity contribution in [3.63, 3.8) is 0 Å². The Labute approximate surface area is 240 Å². The first-order valence-corrected chi connectivity index (χ1v) is 14.1. The summed E-state index contributed by atoms with van der Waals surface area (Å²) in [6.45, 7) is 9.32. The van der Waals surface area contributed by atoms with Crippen molar-refractivity contribution in [2.45, 2.75) is 39.5 Å². The Morgan fingerprint density at radius 2 is 1.73 bits per heavy atom. The summed E-state index contributed by atoms with van der Waals surface area (Å²) in [4.78, 5) is 31.0. The Balaban J connectivity index is 1.36. The normalized spacial score (nSPS) is 16.4. The minimum atomic E-state index is -0.703. The fraction of sp³-hybridized carbons (Fsp3) is 0.433. The molecule has 2 aliphatic heterocycles. The highest BCUT2D eigenvalue weighted by Gasteiger charge is 2.30. The molecule has 1 amide bonds. The van der Waals surface area contributed by atoms with Crippen LogP contribution in [0.2, 0.25) is 5.02 Å². The molecule has 0 N–H and O–H groups in total. The van der Waals surface area contributed by atoms with E-state index in [0.717, 1.165) is 48.7 Å². The summed E-state index contributed by atoms with van der Waals surface area (Å²) in [7, 11) is 1.32. The number of aryl methyl sites for hydroxylation is 1. The minimum Gasteiger partial charge on any atom is -0.438 e. The second kappa shape index (κ2) is 12.3. The largest absolute Gasteiger partial charge is 0.508 e. The first-order valence-electron chi connectivity index (χ1n) is 13.7. The number of methoxy groups -OCH3 is 1. The maximum absolute atomic E-state index is 12.2. The first kappa shape index (κ1) is 28.0. The quantitative estimate of drug-likeness (QED) is 0.393. The van der Waals surface area contributed by atoms with Crippen molar-refractivity contribution in [3.8, 4) is 11.3 Å². The molecule has 5 rings (SSSR count). The number of benzene rings is 2. The number of piperazine rings is 1. The average Bonchev–Trinajstić information content (AvgIpc) is 3.31. The number of fused-ring (bicyclic) bond motifs is 1. The molecule has 10 heteroatoms. The van der Waals surface area contributed by atoms with Gasteiger partial charge in [0.1, 0.15) is 6.10 Å². The molecular formula is C30H36ClN5O4. The molecule has 2 aromatic carbocycles. The molecule has 3 aromatic rings. The predicted molar refractivity (Wildman–Crippen MR) is 155 cm³/mol. The highest BCUT2D eigenvalue weighted by molar-refractivity contribution is 6.30. The van der Waals surface area contributed by atoms with Crippen molar-refractivity contribution < 1.29 is 19.1 Å². The Morgan fingerprint density at radius 1 is 1.00 bits per heavy atom. The molecule has 0 radical (unpaired) electrons. The molecule has 1 atom stereocenters. The third-order valence-electron chi connectivity index (χ3n) is 7.79. The lowest BCUT2D eigenvalue weighted by atomic mass is 10.0. The molecule has 9 nitrogen and oxygen atoms in total. The number of nitrogens with zero attached hydrogens (tertiary/aromatic N) is 5. The molecule has 1 unspecified atom stereocenters. The molecule has 212 valence electrons. The number of ether oxygens (including phenoxy) is 2. The standard InChI is InChI=1S/C30H36ClN5O4/c1-21-6-4-5-7-27(21)34-16-14-33(15-17-34)18-25(40-30(38)39-3)19-36-28-12-13-35(22(2)37)20-26(28)29(32-36)23-8-10-24(31)11-9-23/h4-11,25H,12-20H2,1-3H3. The van der Waals surface area contributed by atoms with E-state index in [1.165, 1.54) is 18.4 Å². The first-order chi connectivity index (χ1) is 19.3. The van der Waals surface area contributed by atoms with Crippen molar-refractivity contribution in [1.82, 2.24) is 19.6 Å². The van der Waals surface area contributed by atoms with Crippen LogP contribution < -0.4 is 4.90 Å². The lowest BCUT2D eigenvalue weighted by Gasteiger charge is -2.38. The van der Waals surface area contributed by atoms with Crippen molar-refractivity contribution in [1.29, 1.82) is 0 Å². The molecule has 1 saturated heterocycles. The van der Waals surface area contributed by atoms with Crippen molar-refractivity contribution in [2.75, 3.05) is 51.3 Å². The van der Waals surface area contributed by atoms with Gasteiger partial charge in [-0.15, -0.1) is 0 Å². The van der Waals surface area contributed by atoms with Crippen LogP contribution in [0, 0.1) is 6.92 Å². The Hall–Kier alpha value is -3.56. The average molecular weight is 566 g/mol. The number of rotatable bonds is 7. The molecule has 1 aromatic heterocycles. The fourth-order valence-corrected chi connectivity index (χ4v) is 5.76. The second-order valence-electron chi connectivity index (χ2n) is 10.4. The predicted octanol–water partition coefficient (Wildman–Crippen LogP) is 4.39. The second-order valence-corrected chi connectivity index (χ2v) is 10.9. The van der Waals surface area contributed by atoms with Gasteiger partial charge in [-0.2, -0.15) is 5.10 Å². The summed E-state index contributed by atoms with van der Waals surface area (Å²) in [6, 6.07) is 16.0. The van der Waals surface area contributed by atoms with Gasteiger partial charge in [-0.05, 0) is 30.7 Å². The smallest absolute Gasteiger partial charge is 0.438 e. The monoisotopic (exact) mass is 565 g/mol. The van der Waals surface area contributed by atoms with Crippen molar-refractivity contribution >= 4 is 29.4 Å². The van der Waals surface area contributed by atoms with Crippen LogP contribution in [0.5, 0.6) is 0 Å². The van der Waals surface area contributed by atoms with E-state index in [1.807, 2.05) is 33.8 Å². The van der Waals surface area contributed by atoms with Crippen LogP contribution in [0.1, 0.15) is 23.7 Å². The topological polar surface area (TPSA) is 80.1 Å². The molecule has 0 bridgehead atoms. The number of aromatic nitrogens is 2. The maximum atomic E-state index is 12.2. The van der Waals surface area contributed by atoms with E-state index < -0.39 is 12.3 Å². The lowest BCUT2D eigenvalue weighted by molar-refractivity contribution is -0.129. The van der Waals surface area contributed by atoms with Gasteiger partial charge < -0.3 is 19.3 Å². The van der Waals surface area contributed by atoms with Crippen molar-refractivity contribution in [2.24, 2.45) is 0 Å². The van der Waals surface area contributed by atoms with E-state index in [-0.39, 0.29) is 5.91 Å². The summed E-state index contributed by atoms with van der Waals surface area (Å²) in [5.74, 6) is 0.0391. The van der Waals surface area contributed by atoms with E-state index in [0.29, 0.717) is 37.6 Å². The highest BCUT2D eigenvalue weighted by atomic mass is 35.5. The highest BCUT2D eigenvalue weighted by Crippen LogP contribution is 2.31. The number of para-hydroxylation sites is 1. The van der Waals surface area contributed by atoms with Crippen LogP contribution in [-0.2, 0) is 33.8 Å². The Morgan fingerprint density at radius 3 is 2.40 bits per heavy atom.